The third kappa shape index (κ3) is 4.31. The summed E-state index contributed by atoms with van der Waals surface area (Å²) in [4.78, 5) is 26.4. The van der Waals surface area contributed by atoms with Crippen LogP contribution in [0.25, 0.3) is 0 Å². The molecule has 2 aliphatic rings. The van der Waals surface area contributed by atoms with E-state index in [1.807, 2.05) is 0 Å². The number of likely N-dealkylation sites (tertiary alicyclic amines) is 1. The van der Waals surface area contributed by atoms with Gasteiger partial charge in [0.15, 0.2) is 0 Å². The number of aliphatic hydroxyl groups excluding tert-OH is 1. The van der Waals surface area contributed by atoms with Crippen molar-refractivity contribution in [1.29, 1.82) is 0 Å². The van der Waals surface area contributed by atoms with Gasteiger partial charge in [-0.25, -0.2) is 13.6 Å². The Morgan fingerprint density at radius 2 is 1.90 bits per heavy atom. The maximum atomic E-state index is 14.0. The van der Waals surface area contributed by atoms with Crippen LogP contribution in [0.4, 0.5) is 19.3 Å². The van der Waals surface area contributed by atoms with Crippen molar-refractivity contribution >= 4 is 29.3 Å². The van der Waals surface area contributed by atoms with Gasteiger partial charge in [-0.15, -0.1) is 0 Å². The molecule has 0 radical (unpaired) electrons. The molecule has 1 aromatic carbocycles. The van der Waals surface area contributed by atoms with Gasteiger partial charge in [0.2, 0.25) is 5.91 Å². The Balaban J connectivity index is 1.89. The largest absolute Gasteiger partial charge is 0.444 e. The minimum absolute atomic E-state index is 0.266. The summed E-state index contributed by atoms with van der Waals surface area (Å²) in [6, 6.07) is -0.135. The molecule has 0 aromatic heterocycles. The van der Waals surface area contributed by atoms with Crippen molar-refractivity contribution in [3.05, 3.63) is 28.8 Å². The third-order valence-corrected chi connectivity index (χ3v) is 5.31. The first-order valence-electron chi connectivity index (χ1n) is 9.19. The summed E-state index contributed by atoms with van der Waals surface area (Å²) in [6.07, 6.45) is -1.22. The molecule has 10 heteroatoms. The lowest BCUT2D eigenvalue weighted by molar-refractivity contribution is -0.125. The smallest absolute Gasteiger partial charge is 0.411 e. The minimum Gasteiger partial charge on any atom is -0.444 e. The second-order valence-electron chi connectivity index (χ2n) is 8.50. The summed E-state index contributed by atoms with van der Waals surface area (Å²) in [5, 5.41) is 23.4. The van der Waals surface area contributed by atoms with Gasteiger partial charge in [0.1, 0.15) is 35.0 Å². The van der Waals surface area contributed by atoms with Gasteiger partial charge >= 0.3 is 6.09 Å². The van der Waals surface area contributed by atoms with Gasteiger partial charge in [0.05, 0.1) is 17.3 Å². The molecule has 3 atom stereocenters. The maximum absolute atomic E-state index is 14.0. The molecule has 1 aliphatic carbocycles. The second kappa shape index (κ2) is 7.37. The van der Waals surface area contributed by atoms with E-state index >= 15 is 0 Å². The molecule has 1 saturated heterocycles. The zero-order valence-electron chi connectivity index (χ0n) is 16.2. The fourth-order valence-electron chi connectivity index (χ4n) is 3.47. The zero-order valence-corrected chi connectivity index (χ0v) is 17.0. The Bertz CT molecular complexity index is 843. The van der Waals surface area contributed by atoms with E-state index in [1.54, 1.807) is 20.8 Å². The first-order chi connectivity index (χ1) is 13.3. The molecule has 1 saturated carbocycles. The number of nitrogens with one attached hydrogen (secondary N) is 1. The Kier molecular flexibility index (Phi) is 5.53. The summed E-state index contributed by atoms with van der Waals surface area (Å²) >= 11 is 5.64. The van der Waals surface area contributed by atoms with Crippen LogP contribution in [0.1, 0.15) is 33.6 Å². The number of benzene rings is 1. The predicted molar refractivity (Wildman–Crippen MR) is 100 cm³/mol. The fraction of sp³-hybridized carbons (Fsp3) is 0.579. The van der Waals surface area contributed by atoms with Gasteiger partial charge in [-0.3, -0.25) is 9.69 Å². The van der Waals surface area contributed by atoms with Gasteiger partial charge in [-0.05, 0) is 45.6 Å². The number of hydrogen-bond donors (Lipinski definition) is 3. The van der Waals surface area contributed by atoms with Crippen molar-refractivity contribution < 1.29 is 33.3 Å². The lowest BCUT2D eigenvalue weighted by Gasteiger charge is -2.28. The molecule has 1 heterocycles. The first-order valence-corrected chi connectivity index (χ1v) is 9.57. The van der Waals surface area contributed by atoms with Crippen molar-refractivity contribution in [1.82, 2.24) is 4.90 Å². The Hall–Kier alpha value is -1.97. The van der Waals surface area contributed by atoms with E-state index in [4.69, 9.17) is 16.3 Å². The summed E-state index contributed by atoms with van der Waals surface area (Å²) in [7, 11) is 0. The fourth-order valence-corrected chi connectivity index (χ4v) is 3.63. The highest BCUT2D eigenvalue weighted by Gasteiger charge is 2.62. The number of halogens is 3. The normalized spacial score (nSPS) is 27.1. The average molecular weight is 433 g/mol. The summed E-state index contributed by atoms with van der Waals surface area (Å²) in [5.74, 6) is -3.30. The number of carbonyl (C=O) groups excluding carboxylic acids is 2. The van der Waals surface area contributed by atoms with Gasteiger partial charge in [-0.2, -0.15) is 0 Å². The molecule has 7 nitrogen and oxygen atoms in total. The van der Waals surface area contributed by atoms with E-state index in [0.717, 1.165) is 11.0 Å². The van der Waals surface area contributed by atoms with E-state index in [1.165, 1.54) is 0 Å². The van der Waals surface area contributed by atoms with Gasteiger partial charge in [-0.1, -0.05) is 11.6 Å². The summed E-state index contributed by atoms with van der Waals surface area (Å²) < 4.78 is 32.7. The number of carbonyl (C=O) groups is 2. The predicted octanol–water partition coefficient (Wildman–Crippen LogP) is 2.68. The second-order valence-corrected chi connectivity index (χ2v) is 8.91. The molecule has 3 rings (SSSR count). The Labute approximate surface area is 171 Å². The van der Waals surface area contributed by atoms with Gasteiger partial charge < -0.3 is 20.3 Å². The van der Waals surface area contributed by atoms with Crippen LogP contribution >= 0.6 is 11.6 Å². The number of amides is 2. The molecule has 3 N–H and O–H groups in total. The molecule has 2 fully saturated rings. The lowest BCUT2D eigenvalue weighted by atomic mass is 9.91. The van der Waals surface area contributed by atoms with Gasteiger partial charge in [0.25, 0.3) is 0 Å². The van der Waals surface area contributed by atoms with E-state index in [9.17, 15) is 28.6 Å². The van der Waals surface area contributed by atoms with Crippen LogP contribution in [0.15, 0.2) is 12.1 Å². The highest BCUT2D eigenvalue weighted by Crippen LogP contribution is 2.47. The SMILES string of the molecule is CC(C)(C)OC(=O)N1CC(O)(C2CC2)C(O)[C@H]1C(=O)Nc1cc(Cl)c(F)cc1F. The summed E-state index contributed by atoms with van der Waals surface area (Å²) in [5.41, 5.74) is -2.97. The standard InChI is InChI=1S/C19H23ClF2N2O5/c1-18(2,3)29-17(27)24-8-19(28,9-4-5-9)15(25)14(24)16(26)23-13-6-10(20)11(21)7-12(13)22/h6-7,9,14-15,25,28H,4-5,8H2,1-3H3,(H,23,26)/t14-,15?,19?/m0/s1. The quantitative estimate of drug-likeness (QED) is 0.638. The van der Waals surface area contributed by atoms with Crippen LogP contribution in [0.2, 0.25) is 5.02 Å². The molecule has 0 bridgehead atoms. The number of ether oxygens (including phenoxy) is 1. The molecule has 1 aromatic rings. The van der Waals surface area contributed by atoms with Crippen molar-refractivity contribution in [3.63, 3.8) is 0 Å². The van der Waals surface area contributed by atoms with Crippen LogP contribution in [-0.4, -0.2) is 57.0 Å². The molecular weight excluding hydrogens is 410 g/mol. The molecule has 2 amide bonds. The maximum Gasteiger partial charge on any atom is 0.411 e. The average Bonchev–Trinajstić information content (AvgIpc) is 3.39. The third-order valence-electron chi connectivity index (χ3n) is 5.02. The molecule has 160 valence electrons. The molecule has 29 heavy (non-hydrogen) atoms. The van der Waals surface area contributed by atoms with Crippen LogP contribution < -0.4 is 5.32 Å². The van der Waals surface area contributed by atoms with E-state index in [0.29, 0.717) is 18.9 Å². The van der Waals surface area contributed by atoms with Crippen molar-refractivity contribution in [2.24, 2.45) is 5.92 Å². The summed E-state index contributed by atoms with van der Waals surface area (Å²) in [6.45, 7) is 4.60. The van der Waals surface area contributed by atoms with Crippen LogP contribution in [0.5, 0.6) is 0 Å². The molecule has 2 unspecified atom stereocenters. The number of anilines is 1. The van der Waals surface area contributed by atoms with Crippen molar-refractivity contribution in [2.45, 2.75) is 57.0 Å². The monoisotopic (exact) mass is 432 g/mol. The van der Waals surface area contributed by atoms with E-state index in [2.05, 4.69) is 5.32 Å². The molecule has 1 aliphatic heterocycles. The van der Waals surface area contributed by atoms with Crippen LogP contribution in [0, 0.1) is 17.6 Å². The highest BCUT2D eigenvalue weighted by molar-refractivity contribution is 6.31. The van der Waals surface area contributed by atoms with Crippen LogP contribution in [-0.2, 0) is 9.53 Å². The van der Waals surface area contributed by atoms with Crippen molar-refractivity contribution in [3.8, 4) is 0 Å². The first kappa shape index (κ1) is 21.7. The lowest BCUT2D eigenvalue weighted by Crippen LogP contribution is -2.51. The number of β-amino-alcohol motifs (C(OH)–C–C–N with tert-alkyl or cyclic N) is 1. The molecular formula is C19H23ClF2N2O5. The highest BCUT2D eigenvalue weighted by atomic mass is 35.5. The number of rotatable bonds is 3. The molecule has 0 spiro atoms. The topological polar surface area (TPSA) is 99.1 Å². The number of nitrogens with zero attached hydrogens (tertiary/aromatic N) is 1. The zero-order chi connectivity index (χ0) is 21.7. The van der Waals surface area contributed by atoms with Crippen molar-refractivity contribution in [2.75, 3.05) is 11.9 Å². The number of hydrogen-bond acceptors (Lipinski definition) is 5. The Morgan fingerprint density at radius 3 is 2.45 bits per heavy atom. The minimum atomic E-state index is -1.68. The van der Waals surface area contributed by atoms with E-state index < -0.39 is 57.7 Å². The Morgan fingerprint density at radius 1 is 1.28 bits per heavy atom. The van der Waals surface area contributed by atoms with Crippen LogP contribution in [0.3, 0.4) is 0 Å². The van der Waals surface area contributed by atoms with Gasteiger partial charge in [0, 0.05) is 6.07 Å². The number of aliphatic hydroxyl groups is 2. The van der Waals surface area contributed by atoms with E-state index in [-0.39, 0.29) is 12.5 Å².